The Morgan fingerprint density at radius 1 is 1.44 bits per heavy atom. The Hall–Kier alpha value is -1.03. The van der Waals surface area contributed by atoms with Crippen LogP contribution in [0.4, 0.5) is 8.78 Å². The molecule has 2 nitrogen and oxygen atoms in total. The first-order valence-electron chi connectivity index (χ1n) is 6.63. The monoisotopic (exact) mass is 254 g/mol. The highest BCUT2D eigenvalue weighted by molar-refractivity contribution is 5.15. The van der Waals surface area contributed by atoms with Gasteiger partial charge in [0, 0.05) is 31.3 Å². The van der Waals surface area contributed by atoms with Crippen LogP contribution in [0.5, 0.6) is 0 Å². The number of rotatable bonds is 4. The van der Waals surface area contributed by atoms with Crippen LogP contribution in [0.2, 0.25) is 0 Å². The van der Waals surface area contributed by atoms with Gasteiger partial charge in [-0.15, -0.1) is 0 Å². The van der Waals surface area contributed by atoms with Crippen LogP contribution in [0, 0.1) is 5.92 Å². The van der Waals surface area contributed by atoms with E-state index in [4.69, 9.17) is 0 Å². The van der Waals surface area contributed by atoms with E-state index in [9.17, 15) is 8.78 Å². The summed E-state index contributed by atoms with van der Waals surface area (Å²) in [6, 6.07) is 4.07. The van der Waals surface area contributed by atoms with Crippen molar-refractivity contribution in [2.45, 2.75) is 44.6 Å². The maximum atomic E-state index is 13.2. The number of halogens is 2. The molecule has 1 unspecified atom stereocenters. The summed E-state index contributed by atoms with van der Waals surface area (Å²) in [7, 11) is 0. The quantitative estimate of drug-likeness (QED) is 0.888. The van der Waals surface area contributed by atoms with Gasteiger partial charge in [0.25, 0.3) is 0 Å². The van der Waals surface area contributed by atoms with Gasteiger partial charge in [-0.2, -0.15) is 0 Å². The number of hydrogen-bond acceptors (Lipinski definition) is 2. The van der Waals surface area contributed by atoms with Crippen molar-refractivity contribution in [3.63, 3.8) is 0 Å². The van der Waals surface area contributed by atoms with Gasteiger partial charge in [0.05, 0.1) is 0 Å². The molecule has 1 N–H and O–H groups in total. The van der Waals surface area contributed by atoms with E-state index in [1.165, 1.54) is 0 Å². The number of nitrogens with one attached hydrogen (secondary N) is 1. The third-order valence-electron chi connectivity index (χ3n) is 3.70. The smallest absolute Gasteiger partial charge is 0.248 e. The molecule has 18 heavy (non-hydrogen) atoms. The van der Waals surface area contributed by atoms with Crippen LogP contribution in [-0.2, 0) is 0 Å². The summed E-state index contributed by atoms with van der Waals surface area (Å²) < 4.78 is 26.4. The number of hydrogen-bond donors (Lipinski definition) is 1. The van der Waals surface area contributed by atoms with Crippen molar-refractivity contribution in [2.24, 2.45) is 5.92 Å². The lowest BCUT2D eigenvalue weighted by atomic mass is 9.80. The molecule has 2 rings (SSSR count). The molecular weight excluding hydrogens is 234 g/mol. The fourth-order valence-electron chi connectivity index (χ4n) is 2.73. The maximum absolute atomic E-state index is 13.2. The first kappa shape index (κ1) is 13.4. The van der Waals surface area contributed by atoms with Crippen LogP contribution < -0.4 is 5.32 Å². The summed E-state index contributed by atoms with van der Waals surface area (Å²) >= 11 is 0. The number of aromatic nitrogens is 1. The van der Waals surface area contributed by atoms with Crippen LogP contribution in [0.1, 0.15) is 44.2 Å². The largest absolute Gasteiger partial charge is 0.310 e. The third-order valence-corrected chi connectivity index (χ3v) is 3.70. The van der Waals surface area contributed by atoms with E-state index in [1.807, 2.05) is 25.3 Å². The lowest BCUT2D eigenvalue weighted by molar-refractivity contribution is -0.0497. The second kappa shape index (κ2) is 5.74. The van der Waals surface area contributed by atoms with Gasteiger partial charge in [-0.05, 0) is 36.9 Å². The Bertz CT molecular complexity index is 357. The zero-order valence-electron chi connectivity index (χ0n) is 10.7. The van der Waals surface area contributed by atoms with Crippen LogP contribution >= 0.6 is 0 Å². The van der Waals surface area contributed by atoms with E-state index in [-0.39, 0.29) is 24.8 Å². The first-order valence-corrected chi connectivity index (χ1v) is 6.63. The average molecular weight is 254 g/mol. The predicted octanol–water partition coefficient (Wildman–Crippen LogP) is 3.56. The average Bonchev–Trinajstić information content (AvgIpc) is 2.38. The molecule has 1 aromatic heterocycles. The Kier molecular flexibility index (Phi) is 4.27. The molecule has 0 bridgehead atoms. The summed E-state index contributed by atoms with van der Waals surface area (Å²) in [5.74, 6) is -2.17. The third kappa shape index (κ3) is 3.25. The summed E-state index contributed by atoms with van der Waals surface area (Å²) in [4.78, 5) is 4.12. The minimum Gasteiger partial charge on any atom is -0.310 e. The molecule has 1 aromatic rings. The molecule has 0 amide bonds. The van der Waals surface area contributed by atoms with E-state index in [2.05, 4.69) is 10.3 Å². The number of alkyl halides is 2. The fraction of sp³-hybridized carbons (Fsp3) is 0.643. The molecule has 1 saturated carbocycles. The van der Waals surface area contributed by atoms with Crippen molar-refractivity contribution < 1.29 is 8.78 Å². The number of pyridine rings is 1. The molecule has 1 atom stereocenters. The van der Waals surface area contributed by atoms with Gasteiger partial charge in [0.15, 0.2) is 0 Å². The van der Waals surface area contributed by atoms with Crippen LogP contribution in [0.15, 0.2) is 24.5 Å². The summed E-state index contributed by atoms with van der Waals surface area (Å²) in [6.45, 7) is 2.88. The molecular formula is C14H20F2N2. The van der Waals surface area contributed by atoms with E-state index in [0.29, 0.717) is 12.8 Å². The Balaban J connectivity index is 2.07. The van der Waals surface area contributed by atoms with Gasteiger partial charge in [0.2, 0.25) is 5.92 Å². The molecule has 1 aliphatic rings. The van der Waals surface area contributed by atoms with E-state index < -0.39 is 5.92 Å². The van der Waals surface area contributed by atoms with Gasteiger partial charge in [-0.3, -0.25) is 4.98 Å². The van der Waals surface area contributed by atoms with Gasteiger partial charge >= 0.3 is 0 Å². The molecule has 100 valence electrons. The highest BCUT2D eigenvalue weighted by Crippen LogP contribution is 2.41. The van der Waals surface area contributed by atoms with E-state index in [1.54, 1.807) is 6.20 Å². The zero-order valence-corrected chi connectivity index (χ0v) is 10.7. The van der Waals surface area contributed by atoms with Crippen molar-refractivity contribution in [3.8, 4) is 0 Å². The lowest BCUT2D eigenvalue weighted by Crippen LogP contribution is -2.34. The summed E-state index contributed by atoms with van der Waals surface area (Å²) in [5.41, 5.74) is 1.11. The molecule has 1 aliphatic carbocycles. The predicted molar refractivity (Wildman–Crippen MR) is 67.6 cm³/mol. The molecule has 0 aliphatic heterocycles. The second-order valence-corrected chi connectivity index (χ2v) is 5.02. The van der Waals surface area contributed by atoms with Crippen molar-refractivity contribution >= 4 is 0 Å². The second-order valence-electron chi connectivity index (χ2n) is 5.02. The molecule has 0 aromatic carbocycles. The van der Waals surface area contributed by atoms with Crippen LogP contribution in [0.25, 0.3) is 0 Å². The number of nitrogens with zero attached hydrogens (tertiary/aromatic N) is 1. The molecule has 1 heterocycles. The Morgan fingerprint density at radius 3 is 2.72 bits per heavy atom. The summed E-state index contributed by atoms with van der Waals surface area (Å²) in [5, 5.41) is 3.41. The molecule has 0 saturated heterocycles. The zero-order chi connectivity index (χ0) is 13.0. The minimum atomic E-state index is -2.46. The van der Waals surface area contributed by atoms with Gasteiger partial charge < -0.3 is 5.32 Å². The van der Waals surface area contributed by atoms with Crippen molar-refractivity contribution in [1.29, 1.82) is 0 Å². The van der Waals surface area contributed by atoms with Crippen LogP contribution in [-0.4, -0.2) is 17.5 Å². The van der Waals surface area contributed by atoms with Gasteiger partial charge in [-0.1, -0.05) is 13.0 Å². The molecule has 0 spiro atoms. The summed E-state index contributed by atoms with van der Waals surface area (Å²) in [6.07, 6.45) is 4.76. The first-order chi connectivity index (χ1) is 8.62. The van der Waals surface area contributed by atoms with E-state index >= 15 is 0 Å². The van der Waals surface area contributed by atoms with E-state index in [0.717, 1.165) is 12.1 Å². The molecule has 0 radical (unpaired) electrons. The Morgan fingerprint density at radius 2 is 2.17 bits per heavy atom. The SMILES string of the molecule is CCNC(c1cccnc1)C1CCC(F)(F)CC1. The molecule has 1 fully saturated rings. The minimum absolute atomic E-state index is 0.0137. The van der Waals surface area contributed by atoms with Crippen molar-refractivity contribution in [1.82, 2.24) is 10.3 Å². The van der Waals surface area contributed by atoms with Crippen LogP contribution in [0.3, 0.4) is 0 Å². The fourth-order valence-corrected chi connectivity index (χ4v) is 2.73. The van der Waals surface area contributed by atoms with Crippen molar-refractivity contribution in [2.75, 3.05) is 6.54 Å². The Labute approximate surface area is 107 Å². The van der Waals surface area contributed by atoms with Gasteiger partial charge in [-0.25, -0.2) is 8.78 Å². The standard InChI is InChI=1S/C14H20F2N2/c1-2-18-13(12-4-3-9-17-10-12)11-5-7-14(15,16)8-6-11/h3-4,9-11,13,18H,2,5-8H2,1H3. The normalized spacial score (nSPS) is 21.7. The van der Waals surface area contributed by atoms with Gasteiger partial charge in [0.1, 0.15) is 0 Å². The lowest BCUT2D eigenvalue weighted by Gasteiger charge is -2.34. The maximum Gasteiger partial charge on any atom is 0.248 e. The highest BCUT2D eigenvalue weighted by atomic mass is 19.3. The topological polar surface area (TPSA) is 24.9 Å². The van der Waals surface area contributed by atoms with Crippen molar-refractivity contribution in [3.05, 3.63) is 30.1 Å². The highest BCUT2D eigenvalue weighted by Gasteiger charge is 2.37. The molecule has 4 heteroatoms.